The van der Waals surface area contributed by atoms with Gasteiger partial charge in [0.15, 0.2) is 0 Å². The summed E-state index contributed by atoms with van der Waals surface area (Å²) < 4.78 is 5.55. The molecule has 0 amide bonds. The van der Waals surface area contributed by atoms with E-state index in [0.717, 1.165) is 5.92 Å². The predicted octanol–water partition coefficient (Wildman–Crippen LogP) is 11.8. The highest BCUT2D eigenvalue weighted by Gasteiger charge is 2.13. The van der Waals surface area contributed by atoms with Crippen molar-refractivity contribution in [3.63, 3.8) is 0 Å². The summed E-state index contributed by atoms with van der Waals surface area (Å²) >= 11 is 0. The fourth-order valence-electron chi connectivity index (χ4n) is 5.25. The van der Waals surface area contributed by atoms with Crippen LogP contribution in [0.3, 0.4) is 0 Å². The van der Waals surface area contributed by atoms with E-state index < -0.39 is 0 Å². The van der Waals surface area contributed by atoms with E-state index in [4.69, 9.17) is 4.74 Å². The van der Waals surface area contributed by atoms with Crippen molar-refractivity contribution >= 4 is 5.97 Å². The molecule has 0 radical (unpaired) electrons. The average molecular weight is 507 g/mol. The minimum atomic E-state index is -0.220. The summed E-state index contributed by atoms with van der Waals surface area (Å²) in [5, 5.41) is 0. The second-order valence-electron chi connectivity index (χ2n) is 11.9. The quantitative estimate of drug-likeness (QED) is 0.0599. The van der Waals surface area contributed by atoms with Crippen LogP contribution in [-0.2, 0) is 9.53 Å². The largest absolute Gasteiger partial charge is 0.462 e. The minimum absolute atomic E-state index is 0.220. The smallest absolute Gasteiger partial charge is 0.333 e. The fraction of sp³-hybridized carbons (Fsp3) is 0.912. The first-order valence-electron chi connectivity index (χ1n) is 16.3. The summed E-state index contributed by atoms with van der Waals surface area (Å²) in [5.74, 6) is 1.18. The molecule has 214 valence electrons. The van der Waals surface area contributed by atoms with Gasteiger partial charge in [0.05, 0.1) is 6.61 Å². The van der Waals surface area contributed by atoms with Crippen LogP contribution in [0.5, 0.6) is 0 Å². The van der Waals surface area contributed by atoms with E-state index >= 15 is 0 Å². The lowest BCUT2D eigenvalue weighted by atomic mass is 9.93. The molecule has 0 saturated carbocycles. The van der Waals surface area contributed by atoms with Crippen molar-refractivity contribution in [2.45, 2.75) is 182 Å². The molecule has 0 N–H and O–H groups in total. The molecule has 2 unspecified atom stereocenters. The standard InChI is InChI=1S/C34H66O2/c1-6-8-10-12-13-14-15-16-17-18-20-24-28-33(30-36-34(35)31(3)4)29-25-21-23-27-32(5)26-22-19-11-9-7-2/h32-33H,3,6-30H2,1-2,4-5H3. The topological polar surface area (TPSA) is 26.3 Å². The molecule has 0 aliphatic rings. The van der Waals surface area contributed by atoms with Crippen molar-refractivity contribution in [3.8, 4) is 0 Å². The molecule has 0 rings (SSSR count). The Labute approximate surface area is 227 Å². The first-order valence-corrected chi connectivity index (χ1v) is 16.3. The maximum absolute atomic E-state index is 11.9. The zero-order chi connectivity index (χ0) is 26.7. The van der Waals surface area contributed by atoms with Crippen molar-refractivity contribution in [2.24, 2.45) is 11.8 Å². The molecule has 0 spiro atoms. The number of esters is 1. The van der Waals surface area contributed by atoms with Crippen LogP contribution in [0.4, 0.5) is 0 Å². The lowest BCUT2D eigenvalue weighted by Gasteiger charge is -2.17. The van der Waals surface area contributed by atoms with E-state index in [-0.39, 0.29) is 5.97 Å². The van der Waals surface area contributed by atoms with Crippen LogP contribution < -0.4 is 0 Å². The van der Waals surface area contributed by atoms with Gasteiger partial charge in [-0.05, 0) is 31.6 Å². The van der Waals surface area contributed by atoms with Crippen molar-refractivity contribution in [1.82, 2.24) is 0 Å². The van der Waals surface area contributed by atoms with Crippen LogP contribution in [0.1, 0.15) is 182 Å². The summed E-state index contributed by atoms with van der Waals surface area (Å²) in [5.41, 5.74) is 0.516. The van der Waals surface area contributed by atoms with E-state index in [9.17, 15) is 4.79 Å². The highest BCUT2D eigenvalue weighted by Crippen LogP contribution is 2.22. The van der Waals surface area contributed by atoms with Crippen molar-refractivity contribution in [3.05, 3.63) is 12.2 Å². The van der Waals surface area contributed by atoms with E-state index in [2.05, 4.69) is 27.4 Å². The van der Waals surface area contributed by atoms with Gasteiger partial charge in [0.2, 0.25) is 0 Å². The van der Waals surface area contributed by atoms with Crippen molar-refractivity contribution in [1.29, 1.82) is 0 Å². The van der Waals surface area contributed by atoms with E-state index in [1.165, 1.54) is 154 Å². The van der Waals surface area contributed by atoms with Gasteiger partial charge >= 0.3 is 5.97 Å². The molecular formula is C34H66O2. The number of unbranched alkanes of at least 4 members (excludes halogenated alkanes) is 17. The summed E-state index contributed by atoms with van der Waals surface area (Å²) in [6, 6.07) is 0. The van der Waals surface area contributed by atoms with Gasteiger partial charge in [-0.2, -0.15) is 0 Å². The molecule has 0 aliphatic heterocycles. The fourth-order valence-corrected chi connectivity index (χ4v) is 5.25. The molecule has 2 heteroatoms. The van der Waals surface area contributed by atoms with Crippen molar-refractivity contribution in [2.75, 3.05) is 6.61 Å². The van der Waals surface area contributed by atoms with E-state index in [1.807, 2.05) is 0 Å². The second-order valence-corrected chi connectivity index (χ2v) is 11.9. The summed E-state index contributed by atoms with van der Waals surface area (Å²) in [6.07, 6.45) is 32.8. The molecule has 0 aromatic rings. The van der Waals surface area contributed by atoms with Gasteiger partial charge in [-0.3, -0.25) is 0 Å². The Morgan fingerprint density at radius 3 is 1.31 bits per heavy atom. The van der Waals surface area contributed by atoms with Gasteiger partial charge in [0.25, 0.3) is 0 Å². The first kappa shape index (κ1) is 35.2. The Morgan fingerprint density at radius 1 is 0.583 bits per heavy atom. The van der Waals surface area contributed by atoms with Gasteiger partial charge in [-0.15, -0.1) is 0 Å². The molecule has 0 saturated heterocycles. The Morgan fingerprint density at radius 2 is 0.917 bits per heavy atom. The maximum atomic E-state index is 11.9. The van der Waals surface area contributed by atoms with Crippen LogP contribution in [0, 0.1) is 11.8 Å². The highest BCUT2D eigenvalue weighted by atomic mass is 16.5. The van der Waals surface area contributed by atoms with Gasteiger partial charge in [0, 0.05) is 5.57 Å². The lowest BCUT2D eigenvalue weighted by molar-refractivity contribution is -0.140. The zero-order valence-electron chi connectivity index (χ0n) is 25.4. The summed E-state index contributed by atoms with van der Waals surface area (Å²) in [6.45, 7) is 13.1. The molecule has 0 aliphatic carbocycles. The zero-order valence-corrected chi connectivity index (χ0v) is 25.4. The molecule has 2 nitrogen and oxygen atoms in total. The monoisotopic (exact) mass is 507 g/mol. The SMILES string of the molecule is C=C(C)C(=O)OCC(CCCCCCCCCCCCCC)CCCCCC(C)CCCCCCC. The second kappa shape index (κ2) is 27.3. The highest BCUT2D eigenvalue weighted by molar-refractivity contribution is 5.86. The third kappa shape index (κ3) is 24.9. The maximum Gasteiger partial charge on any atom is 0.333 e. The van der Waals surface area contributed by atoms with Crippen molar-refractivity contribution < 1.29 is 9.53 Å². The Bertz CT molecular complexity index is 484. The summed E-state index contributed by atoms with van der Waals surface area (Å²) in [4.78, 5) is 11.9. The Balaban J connectivity index is 3.93. The van der Waals surface area contributed by atoms with Gasteiger partial charge in [0.1, 0.15) is 0 Å². The number of hydrogen-bond acceptors (Lipinski definition) is 2. The molecule has 0 bridgehead atoms. The summed E-state index contributed by atoms with van der Waals surface area (Å²) in [7, 11) is 0. The third-order valence-corrected chi connectivity index (χ3v) is 7.87. The molecular weight excluding hydrogens is 440 g/mol. The van der Waals surface area contributed by atoms with Crippen LogP contribution in [0.15, 0.2) is 12.2 Å². The van der Waals surface area contributed by atoms with Gasteiger partial charge in [-0.25, -0.2) is 4.79 Å². The van der Waals surface area contributed by atoms with E-state index in [0.29, 0.717) is 18.1 Å². The lowest BCUT2D eigenvalue weighted by Crippen LogP contribution is -2.15. The van der Waals surface area contributed by atoms with Crippen LogP contribution >= 0.6 is 0 Å². The van der Waals surface area contributed by atoms with Crippen LogP contribution in [-0.4, -0.2) is 12.6 Å². The number of carbonyl (C=O) groups is 1. The first-order chi connectivity index (χ1) is 17.5. The molecule has 0 aromatic carbocycles. The molecule has 0 fully saturated rings. The number of hydrogen-bond donors (Lipinski definition) is 0. The van der Waals surface area contributed by atoms with Crippen LogP contribution in [0.25, 0.3) is 0 Å². The molecule has 2 atom stereocenters. The molecule has 36 heavy (non-hydrogen) atoms. The molecule has 0 heterocycles. The minimum Gasteiger partial charge on any atom is -0.462 e. The normalized spacial score (nSPS) is 13.0. The molecule has 0 aromatic heterocycles. The predicted molar refractivity (Wildman–Crippen MR) is 161 cm³/mol. The van der Waals surface area contributed by atoms with Gasteiger partial charge < -0.3 is 4.74 Å². The van der Waals surface area contributed by atoms with Crippen LogP contribution in [0.2, 0.25) is 0 Å². The number of rotatable bonds is 28. The number of carbonyl (C=O) groups excluding carboxylic acids is 1. The van der Waals surface area contributed by atoms with E-state index in [1.54, 1.807) is 6.92 Å². The number of ether oxygens (including phenoxy) is 1. The third-order valence-electron chi connectivity index (χ3n) is 7.87. The Hall–Kier alpha value is -0.790. The Kier molecular flexibility index (Phi) is 26.7. The van der Waals surface area contributed by atoms with Gasteiger partial charge in [-0.1, -0.05) is 169 Å². The average Bonchev–Trinajstić information content (AvgIpc) is 2.86.